The molecule has 132 valence electrons. The molecular weight excluding hydrogens is 318 g/mol. The number of rotatable bonds is 4. The Hall–Kier alpha value is -2.76. The molecule has 6 nitrogen and oxygen atoms in total. The van der Waals surface area contributed by atoms with Crippen molar-refractivity contribution in [1.82, 2.24) is 4.90 Å². The smallest absolute Gasteiger partial charge is 0.316 e. The number of aromatic nitrogens is 1. The predicted molar refractivity (Wildman–Crippen MR) is 94.0 cm³/mol. The van der Waals surface area contributed by atoms with E-state index in [4.69, 9.17) is 4.74 Å². The molecule has 25 heavy (non-hydrogen) atoms. The van der Waals surface area contributed by atoms with Gasteiger partial charge in [0, 0.05) is 6.07 Å². The summed E-state index contributed by atoms with van der Waals surface area (Å²) in [4.78, 5) is 16.3. The molecule has 6 heteroatoms. The van der Waals surface area contributed by atoms with E-state index < -0.39 is 0 Å². The molecule has 1 N–H and O–H groups in total. The lowest BCUT2D eigenvalue weighted by atomic mass is 10.1. The zero-order chi connectivity index (χ0) is 17.8. The van der Waals surface area contributed by atoms with Gasteiger partial charge in [-0.05, 0) is 31.0 Å². The van der Waals surface area contributed by atoms with E-state index >= 15 is 0 Å². The van der Waals surface area contributed by atoms with Crippen LogP contribution in [0.4, 0.5) is 5.82 Å². The SMILES string of the molecule is Cc1cccc(C)c1OCC(=O)N1CCN(c2cccc[n+]2O)CC1. The fourth-order valence-electron chi connectivity index (χ4n) is 3.11. The molecule has 1 aliphatic heterocycles. The summed E-state index contributed by atoms with van der Waals surface area (Å²) in [5.41, 5.74) is 2.07. The van der Waals surface area contributed by atoms with E-state index in [0.29, 0.717) is 26.2 Å². The number of nitrogens with zero attached hydrogens (tertiary/aromatic N) is 3. The minimum atomic E-state index is -0.00719. The fourth-order valence-corrected chi connectivity index (χ4v) is 3.11. The van der Waals surface area contributed by atoms with Crippen LogP contribution in [0.1, 0.15) is 11.1 Å². The molecule has 1 amide bonds. The van der Waals surface area contributed by atoms with Crippen molar-refractivity contribution in [2.45, 2.75) is 13.8 Å². The summed E-state index contributed by atoms with van der Waals surface area (Å²) in [5, 5.41) is 9.87. The molecule has 1 fully saturated rings. The molecule has 0 spiro atoms. The van der Waals surface area contributed by atoms with Crippen molar-refractivity contribution >= 4 is 11.7 Å². The molecule has 0 saturated carbocycles. The highest BCUT2D eigenvalue weighted by molar-refractivity contribution is 5.78. The predicted octanol–water partition coefficient (Wildman–Crippen LogP) is 1.56. The molecule has 0 atom stereocenters. The van der Waals surface area contributed by atoms with Gasteiger partial charge in [0.15, 0.2) is 6.61 Å². The third kappa shape index (κ3) is 3.84. The number of piperazine rings is 1. The Morgan fingerprint density at radius 1 is 1.08 bits per heavy atom. The first-order chi connectivity index (χ1) is 12.1. The number of hydrogen-bond donors (Lipinski definition) is 1. The van der Waals surface area contributed by atoms with Crippen LogP contribution in [0, 0.1) is 13.8 Å². The van der Waals surface area contributed by atoms with Crippen LogP contribution in [0.15, 0.2) is 42.6 Å². The third-order valence-corrected chi connectivity index (χ3v) is 4.52. The van der Waals surface area contributed by atoms with Crippen LogP contribution in [-0.2, 0) is 4.79 Å². The zero-order valence-corrected chi connectivity index (χ0v) is 14.7. The number of ether oxygens (including phenoxy) is 1. The summed E-state index contributed by atoms with van der Waals surface area (Å²) >= 11 is 0. The van der Waals surface area contributed by atoms with Crippen molar-refractivity contribution in [3.05, 3.63) is 53.7 Å². The van der Waals surface area contributed by atoms with E-state index in [1.165, 1.54) is 0 Å². The second-order valence-electron chi connectivity index (χ2n) is 6.28. The standard InChI is InChI=1S/C19H24N3O3/c1-15-6-5-7-16(2)19(15)25-14-18(23)21-12-10-20(11-13-21)17-8-3-4-9-22(17)24/h3-9,24H,10-14H2,1-2H3/q+1. The molecule has 2 heterocycles. The lowest BCUT2D eigenvalue weighted by Gasteiger charge is -2.31. The van der Waals surface area contributed by atoms with Gasteiger partial charge < -0.3 is 14.8 Å². The summed E-state index contributed by atoms with van der Waals surface area (Å²) in [6.45, 7) is 6.61. The number of carbonyl (C=O) groups is 1. The number of anilines is 1. The second kappa shape index (κ2) is 7.42. The Kier molecular flexibility index (Phi) is 5.07. The summed E-state index contributed by atoms with van der Waals surface area (Å²) in [5.74, 6) is 1.52. The van der Waals surface area contributed by atoms with Crippen molar-refractivity contribution in [2.75, 3.05) is 37.7 Å². The first-order valence-electron chi connectivity index (χ1n) is 8.48. The summed E-state index contributed by atoms with van der Waals surface area (Å²) in [7, 11) is 0. The molecule has 3 rings (SSSR count). The van der Waals surface area contributed by atoms with Gasteiger partial charge in [0.1, 0.15) is 25.0 Å². The maximum absolute atomic E-state index is 12.4. The number of benzene rings is 1. The Balaban J connectivity index is 1.54. The number of para-hydroxylation sites is 1. The molecule has 1 saturated heterocycles. The average Bonchev–Trinajstić information content (AvgIpc) is 2.62. The maximum Gasteiger partial charge on any atom is 0.316 e. The zero-order valence-electron chi connectivity index (χ0n) is 14.7. The van der Waals surface area contributed by atoms with Crippen LogP contribution in [0.3, 0.4) is 0 Å². The molecule has 1 aromatic heterocycles. The fraction of sp³-hybridized carbons (Fsp3) is 0.368. The molecule has 1 aliphatic rings. The van der Waals surface area contributed by atoms with Crippen molar-refractivity contribution < 1.29 is 19.5 Å². The normalized spacial score (nSPS) is 14.5. The van der Waals surface area contributed by atoms with Crippen LogP contribution >= 0.6 is 0 Å². The topological polar surface area (TPSA) is 56.9 Å². The first-order valence-corrected chi connectivity index (χ1v) is 8.48. The minimum absolute atomic E-state index is 0.00719. The number of pyridine rings is 1. The Labute approximate surface area is 147 Å². The maximum atomic E-state index is 12.4. The average molecular weight is 342 g/mol. The van der Waals surface area contributed by atoms with Crippen LogP contribution in [0.25, 0.3) is 0 Å². The molecule has 0 aliphatic carbocycles. The quantitative estimate of drug-likeness (QED) is 0.677. The molecular formula is C19H24N3O3+. The van der Waals surface area contributed by atoms with Crippen LogP contribution in [0.5, 0.6) is 5.75 Å². The van der Waals surface area contributed by atoms with Crippen LogP contribution < -0.4 is 14.4 Å². The molecule has 0 radical (unpaired) electrons. The highest BCUT2D eigenvalue weighted by atomic mass is 16.5. The lowest BCUT2D eigenvalue weighted by molar-refractivity contribution is -0.894. The van der Waals surface area contributed by atoms with E-state index in [0.717, 1.165) is 27.4 Å². The van der Waals surface area contributed by atoms with Crippen LogP contribution in [0.2, 0.25) is 0 Å². The molecule has 1 aromatic carbocycles. The second-order valence-corrected chi connectivity index (χ2v) is 6.28. The van der Waals surface area contributed by atoms with Gasteiger partial charge in [0.2, 0.25) is 0 Å². The Morgan fingerprint density at radius 2 is 1.76 bits per heavy atom. The van der Waals surface area contributed by atoms with E-state index in [-0.39, 0.29) is 12.5 Å². The van der Waals surface area contributed by atoms with E-state index in [2.05, 4.69) is 4.90 Å². The van der Waals surface area contributed by atoms with Gasteiger partial charge in [-0.2, -0.15) is 0 Å². The van der Waals surface area contributed by atoms with Gasteiger partial charge in [0.05, 0.1) is 13.1 Å². The Bertz CT molecular complexity index is 735. The molecule has 0 bridgehead atoms. The number of aryl methyl sites for hydroxylation is 2. The van der Waals surface area contributed by atoms with Gasteiger partial charge in [-0.15, -0.1) is 0 Å². The van der Waals surface area contributed by atoms with Gasteiger partial charge in [-0.3, -0.25) is 9.69 Å². The third-order valence-electron chi connectivity index (χ3n) is 4.52. The number of carbonyl (C=O) groups excluding carboxylic acids is 1. The van der Waals surface area contributed by atoms with Gasteiger partial charge >= 0.3 is 5.82 Å². The van der Waals surface area contributed by atoms with E-state index in [1.54, 1.807) is 12.3 Å². The Morgan fingerprint density at radius 3 is 2.40 bits per heavy atom. The van der Waals surface area contributed by atoms with Crippen molar-refractivity contribution in [1.29, 1.82) is 0 Å². The highest BCUT2D eigenvalue weighted by Gasteiger charge is 2.28. The minimum Gasteiger partial charge on any atom is -0.483 e. The number of amides is 1. The summed E-state index contributed by atoms with van der Waals surface area (Å²) in [6.07, 6.45) is 1.60. The largest absolute Gasteiger partial charge is 0.483 e. The van der Waals surface area contributed by atoms with E-state index in [1.807, 2.05) is 49.1 Å². The van der Waals surface area contributed by atoms with Gasteiger partial charge in [-0.1, -0.05) is 29.0 Å². The summed E-state index contributed by atoms with van der Waals surface area (Å²) < 4.78 is 6.88. The first kappa shape index (κ1) is 17.1. The van der Waals surface area contributed by atoms with Crippen molar-refractivity contribution in [3.8, 4) is 5.75 Å². The lowest BCUT2D eigenvalue weighted by Crippen LogP contribution is -2.53. The molecule has 0 unspecified atom stereocenters. The van der Waals surface area contributed by atoms with Gasteiger partial charge in [0.25, 0.3) is 5.91 Å². The van der Waals surface area contributed by atoms with Crippen molar-refractivity contribution in [2.24, 2.45) is 0 Å². The number of hydrogen-bond acceptors (Lipinski definition) is 4. The molecule has 2 aromatic rings. The van der Waals surface area contributed by atoms with Crippen LogP contribution in [-0.4, -0.2) is 48.8 Å². The van der Waals surface area contributed by atoms with Gasteiger partial charge in [-0.25, -0.2) is 0 Å². The monoisotopic (exact) mass is 342 g/mol. The van der Waals surface area contributed by atoms with E-state index in [9.17, 15) is 10.0 Å². The van der Waals surface area contributed by atoms with Crippen molar-refractivity contribution in [3.63, 3.8) is 0 Å². The highest BCUT2D eigenvalue weighted by Crippen LogP contribution is 2.22. The summed E-state index contributed by atoms with van der Waals surface area (Å²) in [6, 6.07) is 11.5.